The van der Waals surface area contributed by atoms with Crippen LogP contribution in [-0.4, -0.2) is 25.5 Å². The maximum atomic E-state index is 12.6. The Morgan fingerprint density at radius 3 is 2.62 bits per heavy atom. The Bertz CT molecular complexity index is 847. The van der Waals surface area contributed by atoms with E-state index in [2.05, 4.69) is 5.32 Å². The minimum Gasteiger partial charge on any atom is -0.479 e. The van der Waals surface area contributed by atoms with E-state index in [0.717, 1.165) is 5.56 Å². The summed E-state index contributed by atoms with van der Waals surface area (Å²) in [6, 6.07) is 12.9. The lowest BCUT2D eigenvalue weighted by molar-refractivity contribution is -0.121. The van der Waals surface area contributed by atoms with Crippen LogP contribution in [0.3, 0.4) is 0 Å². The van der Waals surface area contributed by atoms with Gasteiger partial charge in [0.05, 0.1) is 11.4 Å². The summed E-state index contributed by atoms with van der Waals surface area (Å²) in [6.45, 7) is 3.99. The van der Waals surface area contributed by atoms with Gasteiger partial charge in [0.1, 0.15) is 0 Å². The minimum atomic E-state index is -0.350. The standard InChI is InChI=1S/C20H21ClN2O3/c1-20(2,13-7-9-14(21)10-8-13)11-17(24)22-15-5-4-6-16-19(15)26-12-18(25)23(16)3/h4-10H,11-12H2,1-3H3,(H,22,24). The number of nitrogens with one attached hydrogen (secondary N) is 1. The fourth-order valence-corrected chi connectivity index (χ4v) is 3.13. The van der Waals surface area contributed by atoms with Crippen molar-refractivity contribution in [3.8, 4) is 5.75 Å². The monoisotopic (exact) mass is 372 g/mol. The molecule has 0 aliphatic carbocycles. The fourth-order valence-electron chi connectivity index (χ4n) is 3.00. The van der Waals surface area contributed by atoms with Crippen molar-refractivity contribution in [3.05, 3.63) is 53.1 Å². The SMILES string of the molecule is CN1C(=O)COc2c(NC(=O)CC(C)(C)c3ccc(Cl)cc3)cccc21. The van der Waals surface area contributed by atoms with Crippen LogP contribution >= 0.6 is 11.6 Å². The fraction of sp³-hybridized carbons (Fsp3) is 0.300. The lowest BCUT2D eigenvalue weighted by Crippen LogP contribution is -2.36. The number of fused-ring (bicyclic) bond motifs is 1. The number of halogens is 1. The Hall–Kier alpha value is -2.53. The largest absolute Gasteiger partial charge is 0.479 e. The molecule has 0 saturated carbocycles. The molecule has 1 aliphatic heterocycles. The number of rotatable bonds is 4. The molecular weight excluding hydrogens is 352 g/mol. The number of benzene rings is 2. The van der Waals surface area contributed by atoms with Crippen molar-refractivity contribution in [1.82, 2.24) is 0 Å². The maximum Gasteiger partial charge on any atom is 0.264 e. The van der Waals surface area contributed by atoms with E-state index in [9.17, 15) is 9.59 Å². The summed E-state index contributed by atoms with van der Waals surface area (Å²) < 4.78 is 5.55. The van der Waals surface area contributed by atoms with E-state index in [1.165, 1.54) is 4.90 Å². The van der Waals surface area contributed by atoms with Gasteiger partial charge in [-0.05, 0) is 35.2 Å². The number of anilines is 2. The van der Waals surface area contributed by atoms with Crippen molar-refractivity contribution in [2.45, 2.75) is 25.7 Å². The highest BCUT2D eigenvalue weighted by molar-refractivity contribution is 6.30. The average molecular weight is 373 g/mol. The lowest BCUT2D eigenvalue weighted by Gasteiger charge is -2.28. The number of nitrogens with zero attached hydrogens (tertiary/aromatic N) is 1. The van der Waals surface area contributed by atoms with Crippen molar-refractivity contribution in [2.24, 2.45) is 0 Å². The summed E-state index contributed by atoms with van der Waals surface area (Å²) in [5, 5.41) is 3.58. The van der Waals surface area contributed by atoms with Crippen molar-refractivity contribution < 1.29 is 14.3 Å². The lowest BCUT2D eigenvalue weighted by atomic mass is 9.81. The van der Waals surface area contributed by atoms with Crippen LogP contribution in [-0.2, 0) is 15.0 Å². The summed E-state index contributed by atoms with van der Waals surface area (Å²) in [7, 11) is 1.69. The number of hydrogen-bond donors (Lipinski definition) is 1. The molecule has 26 heavy (non-hydrogen) atoms. The highest BCUT2D eigenvalue weighted by Gasteiger charge is 2.27. The number of hydrogen-bond acceptors (Lipinski definition) is 3. The van der Waals surface area contributed by atoms with E-state index in [4.69, 9.17) is 16.3 Å². The molecule has 0 unspecified atom stereocenters. The molecule has 0 aromatic heterocycles. The first kappa shape index (κ1) is 18.3. The van der Waals surface area contributed by atoms with Gasteiger partial charge < -0.3 is 15.0 Å². The summed E-state index contributed by atoms with van der Waals surface area (Å²) in [5.74, 6) is 0.276. The van der Waals surface area contributed by atoms with Crippen molar-refractivity contribution in [2.75, 3.05) is 23.9 Å². The molecule has 136 valence electrons. The summed E-state index contributed by atoms with van der Waals surface area (Å²) >= 11 is 5.94. The molecule has 2 aromatic carbocycles. The first-order valence-corrected chi connectivity index (χ1v) is 8.74. The summed E-state index contributed by atoms with van der Waals surface area (Å²) in [6.07, 6.45) is 0.299. The van der Waals surface area contributed by atoms with Crippen LogP contribution in [0.4, 0.5) is 11.4 Å². The molecule has 2 amide bonds. The molecule has 0 bridgehead atoms. The number of carbonyl (C=O) groups is 2. The Balaban J connectivity index is 1.77. The van der Waals surface area contributed by atoms with Gasteiger partial charge in [0, 0.05) is 18.5 Å². The van der Waals surface area contributed by atoms with Crippen molar-refractivity contribution in [3.63, 3.8) is 0 Å². The topological polar surface area (TPSA) is 58.6 Å². The quantitative estimate of drug-likeness (QED) is 0.882. The molecule has 1 aliphatic rings. The molecular formula is C20H21ClN2O3. The Morgan fingerprint density at radius 1 is 1.23 bits per heavy atom. The summed E-state index contributed by atoms with van der Waals surface area (Å²) in [4.78, 5) is 25.9. The molecule has 3 rings (SSSR count). The zero-order valence-corrected chi connectivity index (χ0v) is 15.8. The molecule has 5 nitrogen and oxygen atoms in total. The first-order chi connectivity index (χ1) is 12.3. The van der Waals surface area contributed by atoms with Crippen LogP contribution < -0.4 is 15.0 Å². The van der Waals surface area contributed by atoms with Crippen molar-refractivity contribution >= 4 is 34.8 Å². The van der Waals surface area contributed by atoms with Crippen molar-refractivity contribution in [1.29, 1.82) is 0 Å². The average Bonchev–Trinajstić information content (AvgIpc) is 2.58. The van der Waals surface area contributed by atoms with Crippen LogP contribution in [0.15, 0.2) is 42.5 Å². The van der Waals surface area contributed by atoms with E-state index in [1.807, 2.05) is 38.1 Å². The Morgan fingerprint density at radius 2 is 1.92 bits per heavy atom. The highest BCUT2D eigenvalue weighted by atomic mass is 35.5. The van der Waals surface area contributed by atoms with Crippen LogP contribution in [0.5, 0.6) is 5.75 Å². The molecule has 2 aromatic rings. The first-order valence-electron chi connectivity index (χ1n) is 8.36. The summed E-state index contributed by atoms with van der Waals surface area (Å²) in [5.41, 5.74) is 1.90. The van der Waals surface area contributed by atoms with Gasteiger partial charge >= 0.3 is 0 Å². The predicted octanol–water partition coefficient (Wildman–Crippen LogP) is 4.00. The Labute approximate surface area is 157 Å². The van der Waals surface area contributed by atoms with Gasteiger partial charge in [0.2, 0.25) is 5.91 Å². The van der Waals surface area contributed by atoms with Gasteiger partial charge in [-0.15, -0.1) is 0 Å². The molecule has 0 radical (unpaired) electrons. The van der Waals surface area contributed by atoms with E-state index in [0.29, 0.717) is 28.6 Å². The minimum absolute atomic E-state index is 0.0351. The van der Waals surface area contributed by atoms with Gasteiger partial charge in [-0.25, -0.2) is 0 Å². The van der Waals surface area contributed by atoms with Crippen LogP contribution in [0.25, 0.3) is 0 Å². The van der Waals surface area contributed by atoms with Gasteiger partial charge in [0.15, 0.2) is 12.4 Å². The third kappa shape index (κ3) is 3.68. The molecule has 0 fully saturated rings. The van der Waals surface area contributed by atoms with Crippen LogP contribution in [0.2, 0.25) is 5.02 Å². The maximum absolute atomic E-state index is 12.6. The second-order valence-electron chi connectivity index (χ2n) is 7.01. The second-order valence-corrected chi connectivity index (χ2v) is 7.45. The normalized spacial score (nSPS) is 13.8. The number of para-hydroxylation sites is 1. The third-order valence-corrected chi connectivity index (χ3v) is 4.82. The zero-order valence-electron chi connectivity index (χ0n) is 15.0. The predicted molar refractivity (Wildman–Crippen MR) is 103 cm³/mol. The number of ether oxygens (including phenoxy) is 1. The van der Waals surface area contributed by atoms with Crippen LogP contribution in [0, 0.1) is 0 Å². The van der Waals surface area contributed by atoms with E-state index < -0.39 is 0 Å². The van der Waals surface area contributed by atoms with Gasteiger partial charge in [-0.1, -0.05) is 43.6 Å². The molecule has 0 spiro atoms. The number of carbonyl (C=O) groups excluding carboxylic acids is 2. The Kier molecular flexibility index (Phi) is 4.92. The second kappa shape index (κ2) is 7.00. The number of amides is 2. The van der Waals surface area contributed by atoms with E-state index in [1.54, 1.807) is 25.2 Å². The van der Waals surface area contributed by atoms with Gasteiger partial charge in [-0.3, -0.25) is 9.59 Å². The number of likely N-dealkylation sites (N-methyl/N-ethyl adjacent to an activating group) is 1. The third-order valence-electron chi connectivity index (χ3n) is 4.57. The van der Waals surface area contributed by atoms with Crippen LogP contribution in [0.1, 0.15) is 25.8 Å². The van der Waals surface area contributed by atoms with E-state index in [-0.39, 0.29) is 23.8 Å². The van der Waals surface area contributed by atoms with E-state index >= 15 is 0 Å². The van der Waals surface area contributed by atoms with Gasteiger partial charge in [-0.2, -0.15) is 0 Å². The molecule has 0 atom stereocenters. The van der Waals surface area contributed by atoms with Gasteiger partial charge in [0.25, 0.3) is 5.91 Å². The molecule has 1 N–H and O–H groups in total. The molecule has 0 saturated heterocycles. The smallest absolute Gasteiger partial charge is 0.264 e. The highest BCUT2D eigenvalue weighted by Crippen LogP contribution is 2.38. The molecule has 1 heterocycles. The molecule has 6 heteroatoms. The zero-order chi connectivity index (χ0) is 18.9.